The zero-order valence-corrected chi connectivity index (χ0v) is 13.1. The van der Waals surface area contributed by atoms with Crippen LogP contribution in [0.5, 0.6) is 5.75 Å². The average molecular weight is 400 g/mol. The highest BCUT2D eigenvalue weighted by molar-refractivity contribution is 9.10. The van der Waals surface area contributed by atoms with Crippen molar-refractivity contribution < 1.29 is 9.13 Å². The number of hydrogen-bond donors (Lipinski definition) is 0. The summed E-state index contributed by atoms with van der Waals surface area (Å²) in [5.74, 6) is -0.0534. The third kappa shape index (κ3) is 3.22. The molecule has 2 aromatic rings. The van der Waals surface area contributed by atoms with E-state index in [9.17, 15) is 4.39 Å². The zero-order chi connectivity index (χ0) is 12.4. The Morgan fingerprint density at radius 2 is 2.06 bits per heavy atom. The van der Waals surface area contributed by atoms with E-state index in [0.717, 1.165) is 9.35 Å². The van der Waals surface area contributed by atoms with Gasteiger partial charge in [0.2, 0.25) is 0 Å². The second-order valence-electron chi connectivity index (χ2n) is 3.18. The van der Waals surface area contributed by atoms with Gasteiger partial charge in [-0.05, 0) is 49.4 Å². The monoisotopic (exact) mass is 398 g/mol. The van der Waals surface area contributed by atoms with Crippen LogP contribution in [0.1, 0.15) is 4.88 Å². The van der Waals surface area contributed by atoms with Crippen LogP contribution in [0.3, 0.4) is 0 Å². The summed E-state index contributed by atoms with van der Waals surface area (Å²) >= 11 is 13.9. The molecule has 0 saturated carbocycles. The molecule has 1 aromatic heterocycles. The van der Waals surface area contributed by atoms with Crippen LogP contribution in [-0.4, -0.2) is 0 Å². The van der Waals surface area contributed by atoms with E-state index >= 15 is 0 Å². The minimum absolute atomic E-state index is 0.0709. The van der Waals surface area contributed by atoms with Crippen LogP contribution in [0.4, 0.5) is 4.39 Å². The highest BCUT2D eigenvalue weighted by Gasteiger charge is 2.09. The van der Waals surface area contributed by atoms with Crippen molar-refractivity contribution >= 4 is 54.8 Å². The van der Waals surface area contributed by atoms with Gasteiger partial charge in [0.05, 0.1) is 14.4 Å². The maximum atomic E-state index is 13.3. The lowest BCUT2D eigenvalue weighted by Crippen LogP contribution is -1.95. The molecule has 0 aliphatic heterocycles. The predicted molar refractivity (Wildman–Crippen MR) is 75.5 cm³/mol. The van der Waals surface area contributed by atoms with E-state index in [4.69, 9.17) is 16.3 Å². The molecule has 0 saturated heterocycles. The Hall–Kier alpha value is -0.100. The molecule has 1 aromatic carbocycles. The molecule has 0 radical (unpaired) electrons. The van der Waals surface area contributed by atoms with Crippen LogP contribution in [-0.2, 0) is 6.61 Å². The van der Waals surface area contributed by atoms with Gasteiger partial charge in [-0.15, -0.1) is 11.3 Å². The van der Waals surface area contributed by atoms with E-state index in [1.807, 2.05) is 11.4 Å². The predicted octanol–water partition coefficient (Wildman–Crippen LogP) is 5.64. The minimum Gasteiger partial charge on any atom is -0.487 e. The molecule has 0 fully saturated rings. The number of ether oxygens (including phenoxy) is 1. The summed E-state index contributed by atoms with van der Waals surface area (Å²) in [5.41, 5.74) is 0. The normalized spacial score (nSPS) is 10.6. The molecule has 6 heteroatoms. The Balaban J connectivity index is 2.14. The molecule has 0 unspecified atom stereocenters. The maximum Gasteiger partial charge on any atom is 0.145 e. The maximum absolute atomic E-state index is 13.3. The van der Waals surface area contributed by atoms with Gasteiger partial charge >= 0.3 is 0 Å². The average Bonchev–Trinajstić information content (AvgIpc) is 2.68. The van der Waals surface area contributed by atoms with Crippen molar-refractivity contribution in [3.05, 3.63) is 48.2 Å². The number of benzene rings is 1. The lowest BCUT2D eigenvalue weighted by Gasteiger charge is -2.08. The molecule has 1 nitrogen and oxygen atoms in total. The van der Waals surface area contributed by atoms with Crippen LogP contribution >= 0.6 is 54.8 Å². The molecule has 1 heterocycles. The third-order valence-electron chi connectivity index (χ3n) is 2.02. The van der Waals surface area contributed by atoms with Crippen LogP contribution < -0.4 is 4.74 Å². The summed E-state index contributed by atoms with van der Waals surface area (Å²) < 4.78 is 20.4. The summed E-state index contributed by atoms with van der Waals surface area (Å²) in [6.45, 7) is 0.387. The van der Waals surface area contributed by atoms with Crippen molar-refractivity contribution in [3.8, 4) is 5.75 Å². The van der Waals surface area contributed by atoms with E-state index in [2.05, 4.69) is 31.9 Å². The van der Waals surface area contributed by atoms with Crippen molar-refractivity contribution in [1.29, 1.82) is 0 Å². The standard InChI is InChI=1S/C11H6Br2ClFOS/c12-6-1-2-17-11(6)5-16-10-4-9(15)8(14)3-7(10)13/h1-4H,5H2. The summed E-state index contributed by atoms with van der Waals surface area (Å²) in [6.07, 6.45) is 0. The third-order valence-corrected chi connectivity index (χ3v) is 4.83. The fourth-order valence-electron chi connectivity index (χ4n) is 1.19. The number of rotatable bonds is 3. The summed E-state index contributed by atoms with van der Waals surface area (Å²) in [5, 5.41) is 2.03. The molecule has 0 atom stereocenters. The molecule has 2 rings (SSSR count). The van der Waals surface area contributed by atoms with Gasteiger partial charge in [-0.3, -0.25) is 0 Å². The Bertz CT molecular complexity index is 544. The Kier molecular flexibility index (Phi) is 4.47. The van der Waals surface area contributed by atoms with Crippen molar-refractivity contribution in [2.75, 3.05) is 0 Å². The first-order valence-electron chi connectivity index (χ1n) is 4.57. The highest BCUT2D eigenvalue weighted by atomic mass is 79.9. The smallest absolute Gasteiger partial charge is 0.145 e. The van der Waals surface area contributed by atoms with Gasteiger partial charge in [0, 0.05) is 10.5 Å². The van der Waals surface area contributed by atoms with E-state index < -0.39 is 5.82 Å². The van der Waals surface area contributed by atoms with E-state index in [1.54, 1.807) is 11.3 Å². The van der Waals surface area contributed by atoms with Crippen LogP contribution in [0, 0.1) is 5.82 Å². The van der Waals surface area contributed by atoms with Gasteiger partial charge in [-0.25, -0.2) is 4.39 Å². The first-order chi connectivity index (χ1) is 8.08. The molecule has 17 heavy (non-hydrogen) atoms. The van der Waals surface area contributed by atoms with Gasteiger partial charge in [-0.2, -0.15) is 0 Å². The topological polar surface area (TPSA) is 9.23 Å². The van der Waals surface area contributed by atoms with Crippen molar-refractivity contribution in [2.45, 2.75) is 6.61 Å². The van der Waals surface area contributed by atoms with E-state index in [-0.39, 0.29) is 5.02 Å². The molecular formula is C11H6Br2ClFOS. The van der Waals surface area contributed by atoms with Crippen molar-refractivity contribution in [3.63, 3.8) is 0 Å². The fraction of sp³-hybridized carbons (Fsp3) is 0.0909. The Morgan fingerprint density at radius 3 is 2.71 bits per heavy atom. The molecule has 0 aliphatic rings. The van der Waals surface area contributed by atoms with E-state index in [1.165, 1.54) is 12.1 Å². The van der Waals surface area contributed by atoms with Crippen LogP contribution in [0.2, 0.25) is 5.02 Å². The van der Waals surface area contributed by atoms with Gasteiger partial charge in [0.1, 0.15) is 18.2 Å². The lowest BCUT2D eigenvalue weighted by molar-refractivity contribution is 0.305. The highest BCUT2D eigenvalue weighted by Crippen LogP contribution is 2.32. The van der Waals surface area contributed by atoms with Crippen molar-refractivity contribution in [2.24, 2.45) is 0 Å². The number of halogens is 4. The summed E-state index contributed by atoms with van der Waals surface area (Å²) in [7, 11) is 0. The summed E-state index contributed by atoms with van der Waals surface area (Å²) in [6, 6.07) is 4.70. The van der Waals surface area contributed by atoms with Crippen molar-refractivity contribution in [1.82, 2.24) is 0 Å². The van der Waals surface area contributed by atoms with Gasteiger partial charge < -0.3 is 4.74 Å². The first-order valence-corrected chi connectivity index (χ1v) is 7.41. The second kappa shape index (κ2) is 5.69. The first kappa shape index (κ1) is 13.3. The molecule has 90 valence electrons. The molecular weight excluding hydrogens is 394 g/mol. The second-order valence-corrected chi connectivity index (χ2v) is 6.29. The van der Waals surface area contributed by atoms with Crippen LogP contribution in [0.25, 0.3) is 0 Å². The van der Waals surface area contributed by atoms with E-state index in [0.29, 0.717) is 16.8 Å². The Labute approximate surface area is 124 Å². The molecule has 0 bridgehead atoms. The quantitative estimate of drug-likeness (QED) is 0.606. The SMILES string of the molecule is Fc1cc(OCc2sccc2Br)c(Br)cc1Cl. The largest absolute Gasteiger partial charge is 0.487 e. The van der Waals surface area contributed by atoms with Gasteiger partial charge in [0.15, 0.2) is 0 Å². The molecule has 0 spiro atoms. The summed E-state index contributed by atoms with van der Waals surface area (Å²) in [4.78, 5) is 1.05. The molecule has 0 aliphatic carbocycles. The number of thiophene rings is 1. The lowest BCUT2D eigenvalue weighted by atomic mass is 10.3. The Morgan fingerprint density at radius 1 is 1.29 bits per heavy atom. The number of hydrogen-bond acceptors (Lipinski definition) is 2. The zero-order valence-electron chi connectivity index (χ0n) is 8.34. The van der Waals surface area contributed by atoms with Gasteiger partial charge in [0.25, 0.3) is 0 Å². The minimum atomic E-state index is -0.491. The molecule has 0 amide bonds. The van der Waals surface area contributed by atoms with Gasteiger partial charge in [-0.1, -0.05) is 11.6 Å². The fourth-order valence-corrected chi connectivity index (χ4v) is 3.32. The van der Waals surface area contributed by atoms with Crippen LogP contribution in [0.15, 0.2) is 32.5 Å². The molecule has 0 N–H and O–H groups in total.